The molecule has 28 heavy (non-hydrogen) atoms. The largest absolute Gasteiger partial charge is 0.342 e. The van der Waals surface area contributed by atoms with Crippen LogP contribution in [-0.2, 0) is 24.3 Å². The van der Waals surface area contributed by atoms with Gasteiger partial charge in [-0.15, -0.1) is 0 Å². The molecule has 0 radical (unpaired) electrons. The topological polar surface area (TPSA) is 49.3 Å². The molecular weight excluding hydrogens is 348 g/mol. The number of rotatable bonds is 3. The lowest BCUT2D eigenvalue weighted by molar-refractivity contribution is -0.130. The number of likely N-dealkylation sites (tertiary alicyclic amines) is 1. The molecule has 4 rings (SSSR count). The summed E-state index contributed by atoms with van der Waals surface area (Å²) in [6.45, 7) is 10.5. The van der Waals surface area contributed by atoms with Gasteiger partial charge in [-0.1, -0.05) is 18.2 Å². The number of nitrogens with zero attached hydrogens (tertiary/aromatic N) is 4. The van der Waals surface area contributed by atoms with Gasteiger partial charge in [-0.2, -0.15) is 0 Å². The highest BCUT2D eigenvalue weighted by molar-refractivity contribution is 5.73. The van der Waals surface area contributed by atoms with Crippen molar-refractivity contribution >= 4 is 5.91 Å². The van der Waals surface area contributed by atoms with Crippen molar-refractivity contribution in [2.24, 2.45) is 0 Å². The predicted octanol–water partition coefficient (Wildman–Crippen LogP) is 3.38. The number of aryl methyl sites for hydroxylation is 2. The Labute approximate surface area is 167 Å². The van der Waals surface area contributed by atoms with Gasteiger partial charge in [0.15, 0.2) is 0 Å². The number of aromatic nitrogens is 2. The third kappa shape index (κ3) is 4.09. The van der Waals surface area contributed by atoms with Crippen molar-refractivity contribution in [3.63, 3.8) is 0 Å². The van der Waals surface area contributed by atoms with Crippen molar-refractivity contribution in [3.05, 3.63) is 58.2 Å². The van der Waals surface area contributed by atoms with Crippen molar-refractivity contribution in [2.45, 2.75) is 59.0 Å². The van der Waals surface area contributed by atoms with Crippen LogP contribution in [0.2, 0.25) is 0 Å². The lowest BCUT2D eigenvalue weighted by Crippen LogP contribution is -2.38. The second-order valence-corrected chi connectivity index (χ2v) is 8.38. The highest BCUT2D eigenvalue weighted by Crippen LogP contribution is 2.27. The third-order valence-corrected chi connectivity index (χ3v) is 6.24. The van der Waals surface area contributed by atoms with Crippen molar-refractivity contribution in [2.75, 3.05) is 19.6 Å². The molecule has 3 heterocycles. The van der Waals surface area contributed by atoms with E-state index in [0.717, 1.165) is 57.8 Å². The summed E-state index contributed by atoms with van der Waals surface area (Å²) in [5, 5.41) is 0. The highest BCUT2D eigenvalue weighted by atomic mass is 16.2. The number of piperidine rings is 1. The first kappa shape index (κ1) is 19.1. The molecule has 1 aromatic heterocycles. The van der Waals surface area contributed by atoms with Gasteiger partial charge in [0, 0.05) is 69.4 Å². The first-order chi connectivity index (χ1) is 13.5. The first-order valence-electron chi connectivity index (χ1n) is 10.4. The Morgan fingerprint density at radius 3 is 2.86 bits per heavy atom. The minimum absolute atomic E-state index is 0.157. The van der Waals surface area contributed by atoms with Crippen LogP contribution in [0.4, 0.5) is 0 Å². The van der Waals surface area contributed by atoms with Crippen molar-refractivity contribution < 1.29 is 4.79 Å². The summed E-state index contributed by atoms with van der Waals surface area (Å²) >= 11 is 0. The average molecular weight is 379 g/mol. The van der Waals surface area contributed by atoms with Crippen molar-refractivity contribution in [1.29, 1.82) is 0 Å². The van der Waals surface area contributed by atoms with Crippen LogP contribution in [0.5, 0.6) is 0 Å². The number of benzene rings is 1. The van der Waals surface area contributed by atoms with Crippen LogP contribution in [0.15, 0.2) is 24.4 Å². The van der Waals surface area contributed by atoms with Crippen molar-refractivity contribution in [1.82, 2.24) is 19.8 Å². The number of amides is 1. The third-order valence-electron chi connectivity index (χ3n) is 6.24. The van der Waals surface area contributed by atoms with E-state index in [2.05, 4.69) is 36.9 Å². The summed E-state index contributed by atoms with van der Waals surface area (Å²) in [5.41, 5.74) is 6.52. The van der Waals surface area contributed by atoms with Gasteiger partial charge in [0.25, 0.3) is 0 Å². The van der Waals surface area contributed by atoms with Gasteiger partial charge in [-0.05, 0) is 43.4 Å². The molecule has 1 amide bonds. The van der Waals surface area contributed by atoms with Crippen LogP contribution < -0.4 is 0 Å². The number of carbonyl (C=O) groups excluding carboxylic acids is 1. The predicted molar refractivity (Wildman–Crippen MR) is 110 cm³/mol. The van der Waals surface area contributed by atoms with Crippen LogP contribution in [0, 0.1) is 13.8 Å². The summed E-state index contributed by atoms with van der Waals surface area (Å²) in [7, 11) is 0. The first-order valence-corrected chi connectivity index (χ1v) is 10.4. The smallest absolute Gasteiger partial charge is 0.219 e. The SMILES string of the molecule is CC(=O)N1CCCC(c2ncc3c(n2)CCN(Cc2ccc(C)c(C)c2)C3)C1. The van der Waals surface area contributed by atoms with Crippen LogP contribution in [0.1, 0.15) is 59.5 Å². The molecule has 2 aliphatic heterocycles. The van der Waals surface area contributed by atoms with Crippen LogP contribution in [-0.4, -0.2) is 45.3 Å². The van der Waals surface area contributed by atoms with E-state index in [-0.39, 0.29) is 11.8 Å². The lowest BCUT2D eigenvalue weighted by atomic mass is 9.96. The minimum atomic E-state index is 0.157. The van der Waals surface area contributed by atoms with E-state index in [1.54, 1.807) is 6.92 Å². The number of hydrogen-bond donors (Lipinski definition) is 0. The molecule has 0 aliphatic carbocycles. The molecule has 148 valence electrons. The minimum Gasteiger partial charge on any atom is -0.342 e. The Morgan fingerprint density at radius 2 is 2.07 bits per heavy atom. The van der Waals surface area contributed by atoms with Gasteiger partial charge in [0.1, 0.15) is 5.82 Å². The molecule has 1 aromatic carbocycles. The molecule has 0 saturated carbocycles. The number of hydrogen-bond acceptors (Lipinski definition) is 4. The molecular formula is C23H30N4O. The van der Waals surface area contributed by atoms with Gasteiger partial charge in [-0.3, -0.25) is 9.69 Å². The molecule has 5 heteroatoms. The van der Waals surface area contributed by atoms with E-state index in [4.69, 9.17) is 9.97 Å². The van der Waals surface area contributed by atoms with Crippen LogP contribution in [0.3, 0.4) is 0 Å². The Kier molecular flexibility index (Phi) is 5.44. The Bertz CT molecular complexity index is 879. The summed E-state index contributed by atoms with van der Waals surface area (Å²) in [6.07, 6.45) is 5.10. The molecule has 5 nitrogen and oxygen atoms in total. The normalized spacial score (nSPS) is 20.1. The summed E-state index contributed by atoms with van der Waals surface area (Å²) < 4.78 is 0. The van der Waals surface area contributed by atoms with E-state index in [1.165, 1.54) is 27.9 Å². The van der Waals surface area contributed by atoms with Crippen LogP contribution >= 0.6 is 0 Å². The second kappa shape index (κ2) is 8.00. The quantitative estimate of drug-likeness (QED) is 0.822. The maximum absolute atomic E-state index is 11.7. The van der Waals surface area contributed by atoms with Gasteiger partial charge in [0.2, 0.25) is 5.91 Å². The van der Waals surface area contributed by atoms with E-state index in [0.29, 0.717) is 0 Å². The summed E-state index contributed by atoms with van der Waals surface area (Å²) in [6, 6.07) is 6.75. The molecule has 0 N–H and O–H groups in total. The molecule has 1 saturated heterocycles. The fraction of sp³-hybridized carbons (Fsp3) is 0.522. The molecule has 1 atom stereocenters. The monoisotopic (exact) mass is 378 g/mol. The Morgan fingerprint density at radius 1 is 1.21 bits per heavy atom. The van der Waals surface area contributed by atoms with E-state index >= 15 is 0 Å². The zero-order chi connectivity index (χ0) is 19.7. The number of carbonyl (C=O) groups is 1. The van der Waals surface area contributed by atoms with Gasteiger partial charge < -0.3 is 4.90 Å². The van der Waals surface area contributed by atoms with Gasteiger partial charge in [-0.25, -0.2) is 9.97 Å². The molecule has 0 bridgehead atoms. The van der Waals surface area contributed by atoms with E-state index in [1.807, 2.05) is 11.1 Å². The summed E-state index contributed by atoms with van der Waals surface area (Å²) in [5.74, 6) is 1.36. The lowest BCUT2D eigenvalue weighted by Gasteiger charge is -2.32. The van der Waals surface area contributed by atoms with Crippen LogP contribution in [0.25, 0.3) is 0 Å². The Hall–Kier alpha value is -2.27. The second-order valence-electron chi connectivity index (χ2n) is 8.38. The Balaban J connectivity index is 1.44. The molecule has 1 unspecified atom stereocenters. The van der Waals surface area contributed by atoms with E-state index < -0.39 is 0 Å². The average Bonchev–Trinajstić information content (AvgIpc) is 2.70. The molecule has 2 aromatic rings. The molecule has 1 fully saturated rings. The van der Waals surface area contributed by atoms with Gasteiger partial charge >= 0.3 is 0 Å². The highest BCUT2D eigenvalue weighted by Gasteiger charge is 2.26. The number of fused-ring (bicyclic) bond motifs is 1. The molecule has 2 aliphatic rings. The van der Waals surface area contributed by atoms with Crippen molar-refractivity contribution in [3.8, 4) is 0 Å². The van der Waals surface area contributed by atoms with Gasteiger partial charge in [0.05, 0.1) is 0 Å². The maximum Gasteiger partial charge on any atom is 0.219 e. The summed E-state index contributed by atoms with van der Waals surface area (Å²) in [4.78, 5) is 25.7. The fourth-order valence-electron chi connectivity index (χ4n) is 4.36. The van der Waals surface area contributed by atoms with E-state index in [9.17, 15) is 4.79 Å². The molecule has 0 spiro atoms. The zero-order valence-corrected chi connectivity index (χ0v) is 17.2. The zero-order valence-electron chi connectivity index (χ0n) is 17.2. The maximum atomic E-state index is 11.7. The standard InChI is InChI=1S/C23H30N4O/c1-16-6-7-19(11-17(16)2)13-26-10-8-22-21(14-26)12-24-23(25-22)20-5-4-9-27(15-20)18(3)28/h6-7,11-12,20H,4-5,8-10,13-15H2,1-3H3. The fourth-order valence-corrected chi connectivity index (χ4v) is 4.36.